The first kappa shape index (κ1) is 27.1. The molecular formula is C24H43IN6O. The zero-order valence-corrected chi connectivity index (χ0v) is 22.5. The molecule has 2 N–H and O–H groups in total. The number of morpholine rings is 1. The third-order valence-electron chi connectivity index (χ3n) is 6.06. The summed E-state index contributed by atoms with van der Waals surface area (Å²) in [4.78, 5) is 14.4. The van der Waals surface area contributed by atoms with Gasteiger partial charge in [0.05, 0.1) is 19.8 Å². The summed E-state index contributed by atoms with van der Waals surface area (Å²) in [5, 5.41) is 7.01. The Hall–Kier alpha value is -1.13. The van der Waals surface area contributed by atoms with Crippen molar-refractivity contribution in [1.29, 1.82) is 0 Å². The predicted octanol–water partition coefficient (Wildman–Crippen LogP) is 3.49. The molecule has 0 amide bonds. The second-order valence-electron chi connectivity index (χ2n) is 9.08. The Labute approximate surface area is 211 Å². The Morgan fingerprint density at radius 3 is 2.56 bits per heavy atom. The minimum absolute atomic E-state index is 0. The fourth-order valence-electron chi connectivity index (χ4n) is 4.43. The van der Waals surface area contributed by atoms with Crippen LogP contribution in [0.25, 0.3) is 0 Å². The summed E-state index contributed by atoms with van der Waals surface area (Å²) in [6.45, 7) is 15.1. The second kappa shape index (κ2) is 14.9. The fraction of sp³-hybridized carbons (Fsp3) is 0.750. The number of rotatable bonds is 9. The van der Waals surface area contributed by atoms with Gasteiger partial charge in [-0.25, -0.2) is 9.98 Å². The molecule has 2 fully saturated rings. The van der Waals surface area contributed by atoms with Crippen LogP contribution in [0.4, 0.5) is 5.82 Å². The van der Waals surface area contributed by atoms with E-state index < -0.39 is 0 Å². The number of aliphatic imine (C=N–C) groups is 1. The maximum absolute atomic E-state index is 5.55. The molecule has 0 aliphatic carbocycles. The second-order valence-corrected chi connectivity index (χ2v) is 9.08. The molecule has 0 spiro atoms. The molecule has 1 unspecified atom stereocenters. The number of pyridine rings is 1. The Balaban J connectivity index is 0.00000363. The summed E-state index contributed by atoms with van der Waals surface area (Å²) in [5.74, 6) is 2.65. The topological polar surface area (TPSA) is 65.0 Å². The maximum Gasteiger partial charge on any atom is 0.191 e. The third kappa shape index (κ3) is 9.02. The van der Waals surface area contributed by atoms with Crippen molar-refractivity contribution in [3.05, 3.63) is 23.9 Å². The molecule has 3 heterocycles. The average molecular weight is 559 g/mol. The lowest BCUT2D eigenvalue weighted by molar-refractivity contribution is 0.0132. The lowest BCUT2D eigenvalue weighted by Crippen LogP contribution is -2.51. The van der Waals surface area contributed by atoms with E-state index in [1.807, 2.05) is 6.20 Å². The molecule has 7 nitrogen and oxygen atoms in total. The Kier molecular flexibility index (Phi) is 12.6. The van der Waals surface area contributed by atoms with Crippen LogP contribution in [-0.2, 0) is 11.3 Å². The van der Waals surface area contributed by atoms with Crippen molar-refractivity contribution in [2.75, 3.05) is 57.4 Å². The van der Waals surface area contributed by atoms with Gasteiger partial charge < -0.3 is 20.3 Å². The minimum atomic E-state index is 0. The van der Waals surface area contributed by atoms with E-state index in [0.717, 1.165) is 64.3 Å². The van der Waals surface area contributed by atoms with Gasteiger partial charge in [-0.2, -0.15) is 0 Å². The Bertz CT molecular complexity index is 674. The molecular weight excluding hydrogens is 515 g/mol. The highest BCUT2D eigenvalue weighted by molar-refractivity contribution is 14.0. The van der Waals surface area contributed by atoms with Crippen LogP contribution < -0.4 is 15.5 Å². The van der Waals surface area contributed by atoms with Crippen LogP contribution in [0.1, 0.15) is 52.0 Å². The zero-order valence-electron chi connectivity index (χ0n) is 20.2. The summed E-state index contributed by atoms with van der Waals surface area (Å²) in [6, 6.07) is 4.78. The summed E-state index contributed by atoms with van der Waals surface area (Å²) < 4.78 is 5.55. The van der Waals surface area contributed by atoms with E-state index in [2.05, 4.69) is 58.3 Å². The van der Waals surface area contributed by atoms with Crippen LogP contribution in [0.2, 0.25) is 0 Å². The summed E-state index contributed by atoms with van der Waals surface area (Å²) in [7, 11) is 0. The number of aromatic nitrogens is 1. The van der Waals surface area contributed by atoms with Gasteiger partial charge in [0.2, 0.25) is 0 Å². The van der Waals surface area contributed by atoms with Crippen molar-refractivity contribution in [3.8, 4) is 0 Å². The molecule has 8 heteroatoms. The van der Waals surface area contributed by atoms with Crippen molar-refractivity contribution in [2.45, 2.75) is 59.0 Å². The molecule has 0 radical (unpaired) electrons. The molecule has 2 saturated heterocycles. The van der Waals surface area contributed by atoms with Crippen LogP contribution in [-0.4, -0.2) is 74.4 Å². The van der Waals surface area contributed by atoms with Gasteiger partial charge in [0.15, 0.2) is 5.96 Å². The van der Waals surface area contributed by atoms with Crippen LogP contribution in [0, 0.1) is 5.92 Å². The van der Waals surface area contributed by atoms with Gasteiger partial charge in [0.25, 0.3) is 0 Å². The lowest BCUT2D eigenvalue weighted by Gasteiger charge is -2.35. The number of ether oxygens (including phenoxy) is 1. The first-order valence-electron chi connectivity index (χ1n) is 12.2. The molecule has 2 aliphatic heterocycles. The largest absolute Gasteiger partial charge is 0.379 e. The molecule has 0 saturated carbocycles. The number of nitrogens with zero attached hydrogens (tertiary/aromatic N) is 4. The molecule has 1 aromatic heterocycles. The molecule has 3 rings (SSSR count). The smallest absolute Gasteiger partial charge is 0.191 e. The van der Waals surface area contributed by atoms with Crippen LogP contribution in [0.5, 0.6) is 0 Å². The van der Waals surface area contributed by atoms with Gasteiger partial charge in [-0.3, -0.25) is 4.90 Å². The highest BCUT2D eigenvalue weighted by Gasteiger charge is 2.22. The standard InChI is InChI=1S/C24H42N6O.HI/c1-4-25-24(28-19-22(16-20(2)3)29-12-14-31-15-13-29)27-18-21-8-9-26-23(17-21)30-10-6-5-7-11-30;/h8-9,17,20,22H,4-7,10-16,18-19H2,1-3H3,(H2,25,27,28);1H. The highest BCUT2D eigenvalue weighted by Crippen LogP contribution is 2.18. The SMILES string of the molecule is CCNC(=NCc1ccnc(N2CCCCC2)c1)NCC(CC(C)C)N1CCOCC1.I. The van der Waals surface area contributed by atoms with E-state index in [0.29, 0.717) is 18.5 Å². The molecule has 0 aromatic carbocycles. The monoisotopic (exact) mass is 558 g/mol. The molecule has 0 bridgehead atoms. The zero-order chi connectivity index (χ0) is 21.9. The number of nitrogens with one attached hydrogen (secondary N) is 2. The maximum atomic E-state index is 5.55. The Morgan fingerprint density at radius 1 is 1.12 bits per heavy atom. The van der Waals surface area contributed by atoms with Crippen molar-refractivity contribution < 1.29 is 4.74 Å². The average Bonchev–Trinajstić information content (AvgIpc) is 2.81. The quantitative estimate of drug-likeness (QED) is 0.275. The summed E-state index contributed by atoms with van der Waals surface area (Å²) in [6.07, 6.45) is 6.96. The minimum Gasteiger partial charge on any atom is -0.379 e. The van der Waals surface area contributed by atoms with Crippen molar-refractivity contribution >= 4 is 35.8 Å². The highest BCUT2D eigenvalue weighted by atomic mass is 127. The molecule has 2 aliphatic rings. The number of anilines is 1. The van der Waals surface area contributed by atoms with E-state index in [-0.39, 0.29) is 24.0 Å². The van der Waals surface area contributed by atoms with E-state index >= 15 is 0 Å². The van der Waals surface area contributed by atoms with Crippen molar-refractivity contribution in [1.82, 2.24) is 20.5 Å². The van der Waals surface area contributed by atoms with Gasteiger partial charge in [0.1, 0.15) is 5.82 Å². The number of halogens is 1. The Morgan fingerprint density at radius 2 is 1.88 bits per heavy atom. The van der Waals surface area contributed by atoms with Gasteiger partial charge in [-0.1, -0.05) is 13.8 Å². The molecule has 1 atom stereocenters. The van der Waals surface area contributed by atoms with Crippen molar-refractivity contribution in [2.24, 2.45) is 10.9 Å². The third-order valence-corrected chi connectivity index (χ3v) is 6.06. The van der Waals surface area contributed by atoms with E-state index in [1.54, 1.807) is 0 Å². The fourth-order valence-corrected chi connectivity index (χ4v) is 4.43. The predicted molar refractivity (Wildman–Crippen MR) is 144 cm³/mol. The van der Waals surface area contributed by atoms with Gasteiger partial charge in [-0.05, 0) is 56.2 Å². The molecule has 32 heavy (non-hydrogen) atoms. The first-order chi connectivity index (χ1) is 15.2. The number of guanidine groups is 1. The van der Waals surface area contributed by atoms with E-state index in [9.17, 15) is 0 Å². The van der Waals surface area contributed by atoms with Gasteiger partial charge in [0, 0.05) is 51.5 Å². The van der Waals surface area contributed by atoms with E-state index in [1.165, 1.54) is 31.2 Å². The van der Waals surface area contributed by atoms with Crippen LogP contribution in [0.3, 0.4) is 0 Å². The van der Waals surface area contributed by atoms with Crippen LogP contribution >= 0.6 is 24.0 Å². The normalized spacial score (nSPS) is 18.9. The summed E-state index contributed by atoms with van der Waals surface area (Å²) in [5.41, 5.74) is 1.21. The molecule has 182 valence electrons. The molecule has 1 aromatic rings. The number of hydrogen-bond donors (Lipinski definition) is 2. The van der Waals surface area contributed by atoms with Gasteiger partial charge >= 0.3 is 0 Å². The van der Waals surface area contributed by atoms with E-state index in [4.69, 9.17) is 9.73 Å². The van der Waals surface area contributed by atoms with Crippen molar-refractivity contribution in [3.63, 3.8) is 0 Å². The first-order valence-corrected chi connectivity index (χ1v) is 12.2. The van der Waals surface area contributed by atoms with Crippen LogP contribution in [0.15, 0.2) is 23.3 Å². The lowest BCUT2D eigenvalue weighted by atomic mass is 10.0. The number of piperidine rings is 1. The van der Waals surface area contributed by atoms with Gasteiger partial charge in [-0.15, -0.1) is 24.0 Å². The summed E-state index contributed by atoms with van der Waals surface area (Å²) >= 11 is 0. The number of hydrogen-bond acceptors (Lipinski definition) is 5.